The van der Waals surface area contributed by atoms with E-state index in [1.807, 2.05) is 34.6 Å². The van der Waals surface area contributed by atoms with Crippen LogP contribution in [0.4, 0.5) is 0 Å². The fourth-order valence-electron chi connectivity index (χ4n) is 2.06. The molecule has 0 N–H and O–H groups in total. The van der Waals surface area contributed by atoms with Crippen LogP contribution < -0.4 is 0 Å². The summed E-state index contributed by atoms with van der Waals surface area (Å²) in [5.74, 6) is 6.78. The van der Waals surface area contributed by atoms with Gasteiger partial charge in [-0.1, -0.05) is 186 Å². The molecule has 0 heteroatoms. The summed E-state index contributed by atoms with van der Waals surface area (Å²) in [6, 6.07) is 10.6. The van der Waals surface area contributed by atoms with E-state index in [1.54, 1.807) is 0 Å². The fourth-order valence-corrected chi connectivity index (χ4v) is 2.06. The van der Waals surface area contributed by atoms with Crippen LogP contribution in [0.15, 0.2) is 41.5 Å². The van der Waals surface area contributed by atoms with Gasteiger partial charge in [0.05, 0.1) is 0 Å². The molecule has 0 nitrogen and oxygen atoms in total. The van der Waals surface area contributed by atoms with Crippen LogP contribution in [0, 0.1) is 34.0 Å². The lowest BCUT2D eigenvalue weighted by atomic mass is 9.85. The molecule has 0 heterocycles. The SMILES string of the molecule is C.C.CC.CC.CC#CC(C)(C)C.CC(C)(C)C.CC(C)(C)c1ccccc1.CC(C)=C(C)C(C)(C)C.CCC(C)C. The van der Waals surface area contributed by atoms with Gasteiger partial charge in [-0.05, 0) is 76.2 Å². The van der Waals surface area contributed by atoms with Crippen LogP contribution in [0.25, 0.3) is 0 Å². The lowest BCUT2D eigenvalue weighted by Gasteiger charge is -2.20. The molecule has 0 aliphatic carbocycles. The Morgan fingerprint density at radius 2 is 0.952 bits per heavy atom. The van der Waals surface area contributed by atoms with Crippen molar-refractivity contribution in [3.8, 4) is 11.8 Å². The predicted octanol–water partition coefficient (Wildman–Crippen LogP) is 15.9. The third kappa shape index (κ3) is 66.7. The quantitative estimate of drug-likeness (QED) is 0.225. The van der Waals surface area contributed by atoms with Crippen molar-refractivity contribution in [1.29, 1.82) is 0 Å². The number of allylic oxidation sites excluding steroid dienone is 2. The van der Waals surface area contributed by atoms with Gasteiger partial charge in [0.2, 0.25) is 0 Å². The second kappa shape index (κ2) is 32.4. The monoisotopic (exact) mass is 593 g/mol. The van der Waals surface area contributed by atoms with Crippen LogP contribution in [-0.4, -0.2) is 0 Å². The van der Waals surface area contributed by atoms with Gasteiger partial charge in [-0.15, -0.1) is 5.92 Å². The first-order valence-corrected chi connectivity index (χ1v) is 15.9. The Balaban J connectivity index is -0.0000000562. The molecule has 1 aromatic carbocycles. The van der Waals surface area contributed by atoms with Crippen LogP contribution in [-0.2, 0) is 5.41 Å². The van der Waals surface area contributed by atoms with Crippen molar-refractivity contribution in [2.75, 3.05) is 0 Å². The average molecular weight is 593 g/mol. The molecule has 0 radical (unpaired) electrons. The van der Waals surface area contributed by atoms with Gasteiger partial charge in [-0.3, -0.25) is 0 Å². The van der Waals surface area contributed by atoms with Crippen LogP contribution in [0.3, 0.4) is 0 Å². The first kappa shape index (κ1) is 59.8. The van der Waals surface area contributed by atoms with Crippen LogP contribution in [0.2, 0.25) is 0 Å². The largest absolute Gasteiger partial charge is 0.106 e. The second-order valence-corrected chi connectivity index (χ2v) is 14.9. The van der Waals surface area contributed by atoms with E-state index in [4.69, 9.17) is 0 Å². The molecule has 0 fully saturated rings. The minimum atomic E-state index is 0. The maximum absolute atomic E-state index is 3.03. The number of rotatable bonds is 1. The number of hydrogen-bond acceptors (Lipinski definition) is 0. The van der Waals surface area contributed by atoms with Crippen molar-refractivity contribution in [2.45, 2.75) is 193 Å². The maximum Gasteiger partial charge on any atom is 0.0230 e. The highest BCUT2D eigenvalue weighted by Crippen LogP contribution is 2.26. The minimum Gasteiger partial charge on any atom is -0.106 e. The molecular weight excluding hydrogens is 504 g/mol. The topological polar surface area (TPSA) is 0 Å². The molecule has 1 rings (SSSR count). The third-order valence-electron chi connectivity index (χ3n) is 4.83. The molecule has 0 bridgehead atoms. The average Bonchev–Trinajstić information content (AvgIpc) is 2.80. The zero-order valence-corrected chi connectivity index (χ0v) is 32.7. The van der Waals surface area contributed by atoms with Crippen LogP contribution in [0.1, 0.15) is 193 Å². The van der Waals surface area contributed by atoms with Gasteiger partial charge >= 0.3 is 0 Å². The lowest BCUT2D eigenvalue weighted by Crippen LogP contribution is -2.10. The van der Waals surface area contributed by atoms with Gasteiger partial charge < -0.3 is 0 Å². The molecule has 0 saturated heterocycles. The standard InChI is InChI=1S/C10H14.C9H18.C7H12.2C5H12.2C2H6.2CH4/c1-10(2,3)9-7-5-4-6-8-9;1-7(2)8(3)9(4,5)6;1-5-6-7(2,3)4;1-5(2,3)4;1-4-5(2)3;2*1-2;;/h4-8H,1-3H3;1-6H3;1-4H3;1-4H3;5H,4H2,1-3H3;2*1-2H3;2*1H4. The molecule has 0 unspecified atom stereocenters. The highest BCUT2D eigenvalue weighted by molar-refractivity contribution is 5.22. The molecule has 0 atom stereocenters. The van der Waals surface area contributed by atoms with E-state index in [0.717, 1.165) is 5.92 Å². The summed E-state index contributed by atoms with van der Waals surface area (Å²) in [5.41, 5.74) is 5.69. The van der Waals surface area contributed by atoms with E-state index in [2.05, 4.69) is 174 Å². The van der Waals surface area contributed by atoms with Crippen molar-refractivity contribution in [2.24, 2.45) is 22.2 Å². The summed E-state index contributed by atoms with van der Waals surface area (Å²) in [5, 5.41) is 0. The van der Waals surface area contributed by atoms with E-state index in [9.17, 15) is 0 Å². The minimum absolute atomic E-state index is 0. The van der Waals surface area contributed by atoms with Gasteiger partial charge in [-0.2, -0.15) is 0 Å². The predicted molar refractivity (Wildman–Crippen MR) is 208 cm³/mol. The van der Waals surface area contributed by atoms with E-state index in [1.165, 1.54) is 23.1 Å². The fraction of sp³-hybridized carbons (Fsp3) is 0.762. The smallest absolute Gasteiger partial charge is 0.0230 e. The summed E-state index contributed by atoms with van der Waals surface area (Å²) < 4.78 is 0. The van der Waals surface area contributed by atoms with Gasteiger partial charge in [0.15, 0.2) is 0 Å². The highest BCUT2D eigenvalue weighted by Gasteiger charge is 2.12. The maximum atomic E-state index is 3.03. The van der Waals surface area contributed by atoms with Crippen molar-refractivity contribution < 1.29 is 0 Å². The molecule has 0 amide bonds. The zero-order chi connectivity index (χ0) is 34.0. The van der Waals surface area contributed by atoms with Gasteiger partial charge in [0.25, 0.3) is 0 Å². The Kier molecular flexibility index (Phi) is 46.2. The first-order chi connectivity index (χ1) is 17.8. The van der Waals surface area contributed by atoms with Gasteiger partial charge in [0, 0.05) is 5.41 Å². The third-order valence-corrected chi connectivity index (χ3v) is 4.83. The Morgan fingerprint density at radius 1 is 0.667 bits per heavy atom. The van der Waals surface area contributed by atoms with Crippen molar-refractivity contribution >= 4 is 0 Å². The summed E-state index contributed by atoms with van der Waals surface area (Å²) in [4.78, 5) is 0. The number of benzene rings is 1. The molecule has 0 spiro atoms. The molecule has 0 aliphatic rings. The Hall–Kier alpha value is -1.48. The van der Waals surface area contributed by atoms with E-state index in [0.29, 0.717) is 16.2 Å². The lowest BCUT2D eigenvalue weighted by molar-refractivity contribution is 0.469. The van der Waals surface area contributed by atoms with E-state index in [-0.39, 0.29) is 20.3 Å². The van der Waals surface area contributed by atoms with Crippen molar-refractivity contribution in [1.82, 2.24) is 0 Å². The van der Waals surface area contributed by atoms with Gasteiger partial charge in [-0.25, -0.2) is 0 Å². The molecule has 0 aromatic heterocycles. The summed E-state index contributed by atoms with van der Waals surface area (Å²) in [6.07, 6.45) is 1.31. The van der Waals surface area contributed by atoms with Crippen molar-refractivity contribution in [3.05, 3.63) is 47.0 Å². The van der Waals surface area contributed by atoms with Gasteiger partial charge in [0.1, 0.15) is 0 Å². The summed E-state index contributed by atoms with van der Waals surface area (Å²) in [6.45, 7) is 51.5. The Bertz CT molecular complexity index is 708. The Morgan fingerprint density at radius 3 is 1.02 bits per heavy atom. The molecular formula is C42H88. The molecule has 256 valence electrons. The molecule has 0 saturated carbocycles. The summed E-state index contributed by atoms with van der Waals surface area (Å²) >= 11 is 0. The van der Waals surface area contributed by atoms with Crippen LogP contribution in [0.5, 0.6) is 0 Å². The van der Waals surface area contributed by atoms with Crippen LogP contribution >= 0.6 is 0 Å². The molecule has 0 aliphatic heterocycles. The molecule has 1 aromatic rings. The number of hydrogen-bond donors (Lipinski definition) is 0. The molecule has 42 heavy (non-hydrogen) atoms. The highest BCUT2D eigenvalue weighted by atomic mass is 14.2. The normalized spacial score (nSPS) is 9.64. The van der Waals surface area contributed by atoms with Crippen molar-refractivity contribution in [3.63, 3.8) is 0 Å². The Labute approximate surface area is 273 Å². The second-order valence-electron chi connectivity index (χ2n) is 14.9. The summed E-state index contributed by atoms with van der Waals surface area (Å²) in [7, 11) is 0. The zero-order valence-electron chi connectivity index (χ0n) is 32.7. The first-order valence-electron chi connectivity index (χ1n) is 15.9. The van der Waals surface area contributed by atoms with E-state index >= 15 is 0 Å². The van der Waals surface area contributed by atoms with E-state index < -0.39 is 0 Å².